The number of hydrogen-bond donors (Lipinski definition) is 0. The van der Waals surface area contributed by atoms with Gasteiger partial charge in [0.25, 0.3) is 0 Å². The van der Waals surface area contributed by atoms with Gasteiger partial charge in [0.05, 0.1) is 32.3 Å². The van der Waals surface area contributed by atoms with Gasteiger partial charge in [-0.2, -0.15) is 0 Å². The SMILES string of the molecule is CCCCC1COC(CCC2COC(C3CC=C(F)CC3)OC2)OC1. The molecule has 0 aromatic heterocycles. The predicted octanol–water partition coefficient (Wildman–Crippen LogP) is 4.59. The van der Waals surface area contributed by atoms with Crippen LogP contribution in [0.3, 0.4) is 0 Å². The van der Waals surface area contributed by atoms with Gasteiger partial charge in [-0.1, -0.05) is 25.8 Å². The van der Waals surface area contributed by atoms with Crippen molar-refractivity contribution in [3.05, 3.63) is 11.9 Å². The topological polar surface area (TPSA) is 36.9 Å². The molecular weight excluding hydrogens is 323 g/mol. The second-order valence-corrected chi connectivity index (χ2v) is 7.77. The zero-order chi connectivity index (χ0) is 17.5. The summed E-state index contributed by atoms with van der Waals surface area (Å²) in [5.41, 5.74) is 0. The lowest BCUT2D eigenvalue weighted by Gasteiger charge is -2.36. The van der Waals surface area contributed by atoms with Crippen molar-refractivity contribution in [2.24, 2.45) is 17.8 Å². The number of ether oxygens (including phenoxy) is 4. The van der Waals surface area contributed by atoms with Crippen LogP contribution in [0.25, 0.3) is 0 Å². The molecule has 0 N–H and O–H groups in total. The lowest BCUT2D eigenvalue weighted by Crippen LogP contribution is -2.38. The Morgan fingerprint density at radius 3 is 2.28 bits per heavy atom. The van der Waals surface area contributed by atoms with E-state index in [0.29, 0.717) is 24.2 Å². The molecule has 4 nitrogen and oxygen atoms in total. The Morgan fingerprint density at radius 1 is 0.960 bits per heavy atom. The minimum absolute atomic E-state index is 0.00866. The number of unbranched alkanes of at least 4 members (excludes halogenated alkanes) is 1. The lowest BCUT2D eigenvalue weighted by atomic mass is 9.92. The Kier molecular flexibility index (Phi) is 7.71. The molecule has 25 heavy (non-hydrogen) atoms. The summed E-state index contributed by atoms with van der Waals surface area (Å²) in [6, 6.07) is 0. The van der Waals surface area contributed by atoms with Crippen molar-refractivity contribution in [2.45, 2.75) is 70.9 Å². The maximum atomic E-state index is 13.1. The van der Waals surface area contributed by atoms with Gasteiger partial charge in [0.1, 0.15) is 0 Å². The van der Waals surface area contributed by atoms with E-state index in [1.807, 2.05) is 0 Å². The van der Waals surface area contributed by atoms with Gasteiger partial charge in [0, 0.05) is 17.8 Å². The summed E-state index contributed by atoms with van der Waals surface area (Å²) in [5, 5.41) is 0. The first kappa shape index (κ1) is 19.3. The number of allylic oxidation sites excluding steroid dienone is 2. The van der Waals surface area contributed by atoms with E-state index in [1.54, 1.807) is 6.08 Å². The van der Waals surface area contributed by atoms with E-state index >= 15 is 0 Å². The Bertz CT molecular complexity index is 412. The third-order valence-corrected chi connectivity index (χ3v) is 5.59. The van der Waals surface area contributed by atoms with Gasteiger partial charge in [0.2, 0.25) is 0 Å². The fourth-order valence-corrected chi connectivity index (χ4v) is 3.85. The highest BCUT2D eigenvalue weighted by molar-refractivity contribution is 4.98. The van der Waals surface area contributed by atoms with Gasteiger partial charge in [-0.25, -0.2) is 4.39 Å². The fourth-order valence-electron chi connectivity index (χ4n) is 3.85. The van der Waals surface area contributed by atoms with E-state index in [2.05, 4.69) is 6.92 Å². The molecule has 0 bridgehead atoms. The zero-order valence-corrected chi connectivity index (χ0v) is 15.5. The average Bonchev–Trinajstić information content (AvgIpc) is 2.67. The first-order valence-corrected chi connectivity index (χ1v) is 10.1. The Labute approximate surface area is 151 Å². The van der Waals surface area contributed by atoms with Gasteiger partial charge in [-0.05, 0) is 38.5 Å². The number of hydrogen-bond acceptors (Lipinski definition) is 4. The van der Waals surface area contributed by atoms with E-state index < -0.39 is 0 Å². The van der Waals surface area contributed by atoms with Crippen LogP contribution in [0, 0.1) is 17.8 Å². The zero-order valence-electron chi connectivity index (χ0n) is 15.5. The molecule has 0 aromatic carbocycles. The third kappa shape index (κ3) is 6.02. The maximum absolute atomic E-state index is 13.1. The molecule has 3 aliphatic rings. The van der Waals surface area contributed by atoms with Crippen molar-refractivity contribution >= 4 is 0 Å². The quantitative estimate of drug-likeness (QED) is 0.669. The first-order valence-electron chi connectivity index (χ1n) is 10.1. The van der Waals surface area contributed by atoms with Gasteiger partial charge >= 0.3 is 0 Å². The van der Waals surface area contributed by atoms with Crippen LogP contribution in [0.15, 0.2) is 11.9 Å². The molecule has 2 heterocycles. The summed E-state index contributed by atoms with van der Waals surface area (Å²) < 4.78 is 36.6. The van der Waals surface area contributed by atoms with Crippen molar-refractivity contribution in [1.82, 2.24) is 0 Å². The van der Waals surface area contributed by atoms with E-state index in [4.69, 9.17) is 18.9 Å². The maximum Gasteiger partial charge on any atom is 0.160 e. The number of halogens is 1. The second kappa shape index (κ2) is 10.0. The second-order valence-electron chi connectivity index (χ2n) is 7.77. The molecule has 1 aliphatic carbocycles. The summed E-state index contributed by atoms with van der Waals surface area (Å²) in [6.07, 6.45) is 9.10. The van der Waals surface area contributed by atoms with Crippen molar-refractivity contribution in [1.29, 1.82) is 0 Å². The Hall–Kier alpha value is -0.490. The molecule has 3 rings (SSSR count). The molecule has 2 aliphatic heterocycles. The molecule has 0 radical (unpaired) electrons. The molecule has 0 spiro atoms. The summed E-state index contributed by atoms with van der Waals surface area (Å²) in [4.78, 5) is 0. The van der Waals surface area contributed by atoms with Crippen LogP contribution in [0.5, 0.6) is 0 Å². The summed E-state index contributed by atoms with van der Waals surface area (Å²) in [5.74, 6) is 1.27. The highest BCUT2D eigenvalue weighted by atomic mass is 19.1. The minimum Gasteiger partial charge on any atom is -0.352 e. The van der Waals surface area contributed by atoms with Crippen LogP contribution in [0.1, 0.15) is 58.3 Å². The molecule has 144 valence electrons. The van der Waals surface area contributed by atoms with Gasteiger partial charge < -0.3 is 18.9 Å². The smallest absolute Gasteiger partial charge is 0.160 e. The molecule has 2 saturated heterocycles. The van der Waals surface area contributed by atoms with Gasteiger partial charge in [-0.3, -0.25) is 0 Å². The monoisotopic (exact) mass is 356 g/mol. The van der Waals surface area contributed by atoms with Crippen molar-refractivity contribution in [2.75, 3.05) is 26.4 Å². The molecule has 0 amide bonds. The fraction of sp³-hybridized carbons (Fsp3) is 0.900. The van der Waals surface area contributed by atoms with Crippen molar-refractivity contribution < 1.29 is 23.3 Å². The van der Waals surface area contributed by atoms with Gasteiger partial charge in [0.15, 0.2) is 12.6 Å². The lowest BCUT2D eigenvalue weighted by molar-refractivity contribution is -0.233. The largest absolute Gasteiger partial charge is 0.352 e. The molecule has 0 aromatic rings. The molecule has 1 atom stereocenters. The number of rotatable bonds is 7. The highest BCUT2D eigenvalue weighted by Crippen LogP contribution is 2.31. The van der Waals surface area contributed by atoms with Crippen molar-refractivity contribution in [3.63, 3.8) is 0 Å². The minimum atomic E-state index is -0.165. The third-order valence-electron chi connectivity index (χ3n) is 5.59. The summed E-state index contributed by atoms with van der Waals surface area (Å²) in [7, 11) is 0. The van der Waals surface area contributed by atoms with Crippen LogP contribution in [-0.4, -0.2) is 39.0 Å². The molecule has 5 heteroatoms. The first-order chi connectivity index (χ1) is 12.2. The summed E-state index contributed by atoms with van der Waals surface area (Å²) in [6.45, 7) is 5.32. The van der Waals surface area contributed by atoms with Gasteiger partial charge in [-0.15, -0.1) is 0 Å². The predicted molar refractivity (Wildman–Crippen MR) is 93.7 cm³/mol. The van der Waals surface area contributed by atoms with Crippen molar-refractivity contribution in [3.8, 4) is 0 Å². The molecule has 1 unspecified atom stereocenters. The Morgan fingerprint density at radius 2 is 1.64 bits per heavy atom. The van der Waals surface area contributed by atoms with Crippen LogP contribution >= 0.6 is 0 Å². The van der Waals surface area contributed by atoms with E-state index in [0.717, 1.165) is 52.1 Å². The molecular formula is C20H33FO4. The normalized spacial score (nSPS) is 36.9. The van der Waals surface area contributed by atoms with E-state index in [1.165, 1.54) is 19.3 Å². The molecule has 0 saturated carbocycles. The molecule has 2 fully saturated rings. The standard InChI is InChI=1S/C20H33FO4/c1-2-3-4-15-11-22-19(23-12-15)10-5-16-13-24-20(25-14-16)17-6-8-18(21)9-7-17/h8,15-17,19-20H,2-7,9-14H2,1H3. The van der Waals surface area contributed by atoms with Crippen LogP contribution < -0.4 is 0 Å². The average molecular weight is 356 g/mol. The van der Waals surface area contributed by atoms with Crippen LogP contribution in [-0.2, 0) is 18.9 Å². The van der Waals surface area contributed by atoms with Crippen LogP contribution in [0.2, 0.25) is 0 Å². The Balaban J connectivity index is 1.28. The van der Waals surface area contributed by atoms with E-state index in [-0.39, 0.29) is 18.4 Å². The highest BCUT2D eigenvalue weighted by Gasteiger charge is 2.31. The van der Waals surface area contributed by atoms with Crippen LogP contribution in [0.4, 0.5) is 4.39 Å². The van der Waals surface area contributed by atoms with E-state index in [9.17, 15) is 4.39 Å². The summed E-state index contributed by atoms with van der Waals surface area (Å²) >= 11 is 0.